The van der Waals surface area contributed by atoms with Gasteiger partial charge in [0.05, 0.1) is 4.47 Å². The minimum atomic E-state index is 0.257. The van der Waals surface area contributed by atoms with Gasteiger partial charge in [-0.25, -0.2) is 0 Å². The molecule has 76 valence electrons. The second kappa shape index (κ2) is 5.83. The van der Waals surface area contributed by atoms with E-state index in [0.717, 1.165) is 22.2 Å². The smallest absolute Gasteiger partial charge is 0.188 e. The summed E-state index contributed by atoms with van der Waals surface area (Å²) in [6.45, 7) is 3.96. The minimum absolute atomic E-state index is 0.257. The van der Waals surface area contributed by atoms with Crippen molar-refractivity contribution in [3.63, 3.8) is 0 Å². The van der Waals surface area contributed by atoms with Gasteiger partial charge in [0, 0.05) is 7.11 Å². The van der Waals surface area contributed by atoms with E-state index in [2.05, 4.69) is 22.5 Å². The summed E-state index contributed by atoms with van der Waals surface area (Å²) < 4.78 is 11.3. The maximum atomic E-state index is 5.45. The number of allylic oxidation sites excluding steroid dienone is 1. The molecular weight excluding hydrogens is 244 g/mol. The first kappa shape index (κ1) is 11.3. The lowest BCUT2D eigenvalue weighted by Crippen LogP contribution is -2.02. The summed E-state index contributed by atoms with van der Waals surface area (Å²) in [5.41, 5.74) is 1.10. The van der Waals surface area contributed by atoms with Gasteiger partial charge in [-0.1, -0.05) is 18.2 Å². The predicted molar refractivity (Wildman–Crippen MR) is 60.5 cm³/mol. The Labute approximate surface area is 92.7 Å². The summed E-state index contributed by atoms with van der Waals surface area (Å²) in [6, 6.07) is 5.93. The van der Waals surface area contributed by atoms with Gasteiger partial charge >= 0.3 is 0 Å². The highest BCUT2D eigenvalue weighted by atomic mass is 79.9. The van der Waals surface area contributed by atoms with Crippen molar-refractivity contribution in [1.29, 1.82) is 0 Å². The maximum Gasteiger partial charge on any atom is 0.188 e. The minimum Gasteiger partial charge on any atom is -0.466 e. The van der Waals surface area contributed by atoms with Crippen molar-refractivity contribution in [2.75, 3.05) is 13.9 Å². The molecule has 0 unspecified atom stereocenters. The molecule has 1 rings (SSSR count). The lowest BCUT2D eigenvalue weighted by molar-refractivity contribution is 0.0500. The fourth-order valence-electron chi connectivity index (χ4n) is 1.15. The first-order valence-electron chi connectivity index (χ1n) is 4.29. The molecule has 3 heteroatoms. The van der Waals surface area contributed by atoms with Crippen molar-refractivity contribution in [1.82, 2.24) is 0 Å². The van der Waals surface area contributed by atoms with Crippen molar-refractivity contribution in [3.8, 4) is 5.75 Å². The molecule has 0 aromatic heterocycles. The Morgan fingerprint density at radius 1 is 1.50 bits per heavy atom. The molecule has 0 bridgehead atoms. The van der Waals surface area contributed by atoms with Gasteiger partial charge in [-0.2, -0.15) is 0 Å². The summed E-state index contributed by atoms with van der Waals surface area (Å²) in [6.07, 6.45) is 2.64. The molecule has 1 aromatic rings. The molecule has 0 aliphatic carbocycles. The molecule has 0 heterocycles. The fraction of sp³-hybridized carbons (Fsp3) is 0.273. The molecule has 0 fully saturated rings. The van der Waals surface area contributed by atoms with Crippen molar-refractivity contribution < 1.29 is 9.47 Å². The van der Waals surface area contributed by atoms with Crippen molar-refractivity contribution >= 4 is 15.9 Å². The van der Waals surface area contributed by atoms with Crippen LogP contribution in [0.2, 0.25) is 0 Å². The summed E-state index contributed by atoms with van der Waals surface area (Å²) in [4.78, 5) is 0. The van der Waals surface area contributed by atoms with Crippen LogP contribution in [0.25, 0.3) is 0 Å². The van der Waals surface area contributed by atoms with Gasteiger partial charge < -0.3 is 9.47 Å². The Bertz CT molecular complexity index is 310. The molecule has 0 aliphatic rings. The summed E-state index contributed by atoms with van der Waals surface area (Å²) in [5, 5.41) is 0. The number of para-hydroxylation sites is 1. The Kier molecular flexibility index (Phi) is 4.70. The molecule has 0 spiro atoms. The second-order valence-corrected chi connectivity index (χ2v) is 3.63. The third-order valence-electron chi connectivity index (χ3n) is 1.73. The van der Waals surface area contributed by atoms with Crippen LogP contribution >= 0.6 is 15.9 Å². The number of hydrogen-bond acceptors (Lipinski definition) is 2. The van der Waals surface area contributed by atoms with Crippen molar-refractivity contribution in [2.45, 2.75) is 6.42 Å². The highest BCUT2D eigenvalue weighted by Gasteiger charge is 2.06. The first-order chi connectivity index (χ1) is 6.79. The summed E-state index contributed by atoms with van der Waals surface area (Å²) >= 11 is 3.43. The van der Waals surface area contributed by atoms with Gasteiger partial charge in [0.15, 0.2) is 6.79 Å². The topological polar surface area (TPSA) is 18.5 Å². The van der Waals surface area contributed by atoms with E-state index in [1.165, 1.54) is 0 Å². The van der Waals surface area contributed by atoms with Crippen LogP contribution in [0.1, 0.15) is 5.56 Å². The first-order valence-corrected chi connectivity index (χ1v) is 5.09. The van der Waals surface area contributed by atoms with Crippen LogP contribution in [-0.2, 0) is 11.2 Å². The van der Waals surface area contributed by atoms with Gasteiger partial charge in [0.1, 0.15) is 5.75 Å². The van der Waals surface area contributed by atoms with Crippen LogP contribution in [0.4, 0.5) is 0 Å². The fourth-order valence-corrected chi connectivity index (χ4v) is 1.67. The van der Waals surface area contributed by atoms with E-state index in [0.29, 0.717) is 0 Å². The Balaban J connectivity index is 2.89. The van der Waals surface area contributed by atoms with E-state index in [-0.39, 0.29) is 6.79 Å². The molecule has 0 amide bonds. The Morgan fingerprint density at radius 3 is 2.93 bits per heavy atom. The third-order valence-corrected chi connectivity index (χ3v) is 2.36. The lowest BCUT2D eigenvalue weighted by Gasteiger charge is -2.11. The van der Waals surface area contributed by atoms with Crippen LogP contribution < -0.4 is 4.74 Å². The molecule has 0 N–H and O–H groups in total. The highest BCUT2D eigenvalue weighted by Crippen LogP contribution is 2.29. The number of methoxy groups -OCH3 is 1. The Hall–Kier alpha value is -0.800. The zero-order chi connectivity index (χ0) is 10.4. The molecule has 1 aromatic carbocycles. The highest BCUT2D eigenvalue weighted by molar-refractivity contribution is 9.10. The number of benzene rings is 1. The van der Waals surface area contributed by atoms with E-state index in [1.807, 2.05) is 24.3 Å². The molecule has 0 saturated heterocycles. The van der Waals surface area contributed by atoms with Crippen LogP contribution in [0.3, 0.4) is 0 Å². The quantitative estimate of drug-likeness (QED) is 0.595. The van der Waals surface area contributed by atoms with E-state index < -0.39 is 0 Å². The van der Waals surface area contributed by atoms with Crippen molar-refractivity contribution in [2.24, 2.45) is 0 Å². The van der Waals surface area contributed by atoms with Crippen molar-refractivity contribution in [3.05, 3.63) is 40.9 Å². The Morgan fingerprint density at radius 2 is 2.29 bits per heavy atom. The molecule has 2 nitrogen and oxygen atoms in total. The van der Waals surface area contributed by atoms with E-state index in [9.17, 15) is 0 Å². The molecule has 0 radical (unpaired) electrons. The van der Waals surface area contributed by atoms with Gasteiger partial charge in [-0.05, 0) is 34.0 Å². The number of ether oxygens (including phenoxy) is 2. The largest absolute Gasteiger partial charge is 0.466 e. The van der Waals surface area contributed by atoms with Gasteiger partial charge in [-0.3, -0.25) is 0 Å². The number of hydrogen-bond donors (Lipinski definition) is 0. The maximum absolute atomic E-state index is 5.45. The normalized spacial score (nSPS) is 9.86. The molecular formula is C11H13BrO2. The zero-order valence-electron chi connectivity index (χ0n) is 8.13. The second-order valence-electron chi connectivity index (χ2n) is 2.77. The van der Waals surface area contributed by atoms with E-state index >= 15 is 0 Å². The van der Waals surface area contributed by atoms with Gasteiger partial charge in [0.25, 0.3) is 0 Å². The third kappa shape index (κ3) is 2.86. The van der Waals surface area contributed by atoms with Crippen LogP contribution in [0.5, 0.6) is 5.75 Å². The number of halogens is 1. The standard InChI is InChI=1S/C11H13BrO2/c1-3-5-9-6-4-7-10(12)11(9)14-8-13-2/h3-4,6-7H,1,5,8H2,2H3. The zero-order valence-corrected chi connectivity index (χ0v) is 9.71. The summed E-state index contributed by atoms with van der Waals surface area (Å²) in [5.74, 6) is 0.828. The average molecular weight is 257 g/mol. The van der Waals surface area contributed by atoms with E-state index in [4.69, 9.17) is 9.47 Å². The molecule has 14 heavy (non-hydrogen) atoms. The summed E-state index contributed by atoms with van der Waals surface area (Å²) in [7, 11) is 1.60. The van der Waals surface area contributed by atoms with Crippen LogP contribution in [-0.4, -0.2) is 13.9 Å². The van der Waals surface area contributed by atoms with E-state index in [1.54, 1.807) is 7.11 Å². The monoisotopic (exact) mass is 256 g/mol. The predicted octanol–water partition coefficient (Wildman–Crippen LogP) is 3.16. The van der Waals surface area contributed by atoms with Crippen LogP contribution in [0.15, 0.2) is 35.3 Å². The lowest BCUT2D eigenvalue weighted by atomic mass is 10.1. The average Bonchev–Trinajstić information content (AvgIpc) is 2.18. The van der Waals surface area contributed by atoms with Gasteiger partial charge in [0.2, 0.25) is 0 Å². The molecule has 0 saturated carbocycles. The van der Waals surface area contributed by atoms with Crippen LogP contribution in [0, 0.1) is 0 Å². The van der Waals surface area contributed by atoms with Gasteiger partial charge in [-0.15, -0.1) is 6.58 Å². The SMILES string of the molecule is C=CCc1cccc(Br)c1OCOC. The molecule has 0 aliphatic heterocycles. The number of rotatable bonds is 5. The molecule has 0 atom stereocenters.